The Morgan fingerprint density at radius 1 is 1.45 bits per heavy atom. The van der Waals surface area contributed by atoms with Crippen LogP contribution in [0.1, 0.15) is 6.92 Å². The van der Waals surface area contributed by atoms with Crippen molar-refractivity contribution in [3.8, 4) is 0 Å². The SMILES string of the molecule is C/C=C/C(O[C]=O)[Si](C)(C)C. The van der Waals surface area contributed by atoms with Crippen LogP contribution in [0.4, 0.5) is 0 Å². The van der Waals surface area contributed by atoms with Gasteiger partial charge in [-0.2, -0.15) is 0 Å². The van der Waals surface area contributed by atoms with Crippen molar-refractivity contribution >= 4 is 14.5 Å². The Kier molecular flexibility index (Phi) is 4.11. The van der Waals surface area contributed by atoms with Crippen molar-refractivity contribution in [1.29, 1.82) is 0 Å². The maximum Gasteiger partial charge on any atom is 0.417 e. The van der Waals surface area contributed by atoms with E-state index >= 15 is 0 Å². The Morgan fingerprint density at radius 2 is 2.00 bits per heavy atom. The molecule has 0 aliphatic carbocycles. The third kappa shape index (κ3) is 3.98. The topological polar surface area (TPSA) is 26.3 Å². The van der Waals surface area contributed by atoms with Crippen molar-refractivity contribution in [2.75, 3.05) is 0 Å². The molecular formula is C8H15O2Si. The first kappa shape index (κ1) is 10.4. The fourth-order valence-electron chi connectivity index (χ4n) is 0.731. The van der Waals surface area contributed by atoms with E-state index in [0.29, 0.717) is 0 Å². The van der Waals surface area contributed by atoms with Gasteiger partial charge in [-0.05, 0) is 6.92 Å². The molecule has 0 spiro atoms. The number of hydrogen-bond donors (Lipinski definition) is 0. The zero-order valence-corrected chi connectivity index (χ0v) is 8.55. The number of allylic oxidation sites excluding steroid dienone is 1. The molecule has 11 heavy (non-hydrogen) atoms. The molecule has 1 unspecified atom stereocenters. The van der Waals surface area contributed by atoms with E-state index in [1.807, 2.05) is 19.1 Å². The van der Waals surface area contributed by atoms with Crippen molar-refractivity contribution in [1.82, 2.24) is 0 Å². The molecule has 0 N–H and O–H groups in total. The molecule has 0 fully saturated rings. The lowest BCUT2D eigenvalue weighted by Crippen LogP contribution is -2.38. The van der Waals surface area contributed by atoms with Crippen LogP contribution in [0.5, 0.6) is 0 Å². The summed E-state index contributed by atoms with van der Waals surface area (Å²) >= 11 is 0. The molecule has 3 heteroatoms. The zero-order chi connectivity index (χ0) is 8.91. The van der Waals surface area contributed by atoms with E-state index in [1.54, 1.807) is 0 Å². The first-order valence-corrected chi connectivity index (χ1v) is 7.25. The summed E-state index contributed by atoms with van der Waals surface area (Å²) in [5.41, 5.74) is -0.0370. The fourth-order valence-corrected chi connectivity index (χ4v) is 1.90. The number of carbonyl (C=O) groups excluding carboxylic acids is 1. The van der Waals surface area contributed by atoms with E-state index in [4.69, 9.17) is 4.74 Å². The van der Waals surface area contributed by atoms with E-state index in [1.165, 1.54) is 6.47 Å². The van der Waals surface area contributed by atoms with Crippen LogP contribution in [-0.4, -0.2) is 20.3 Å². The summed E-state index contributed by atoms with van der Waals surface area (Å²) in [7, 11) is -1.40. The highest BCUT2D eigenvalue weighted by Gasteiger charge is 2.25. The third-order valence-electron chi connectivity index (χ3n) is 1.40. The Morgan fingerprint density at radius 3 is 2.27 bits per heavy atom. The number of rotatable bonds is 4. The van der Waals surface area contributed by atoms with Gasteiger partial charge in [0.05, 0.1) is 8.07 Å². The van der Waals surface area contributed by atoms with E-state index in [-0.39, 0.29) is 5.73 Å². The average Bonchev–Trinajstić information content (AvgIpc) is 1.85. The summed E-state index contributed by atoms with van der Waals surface area (Å²) in [6.45, 7) is 9.85. The van der Waals surface area contributed by atoms with Gasteiger partial charge < -0.3 is 4.74 Å². The summed E-state index contributed by atoms with van der Waals surface area (Å²) in [6.07, 6.45) is 3.82. The third-order valence-corrected chi connectivity index (χ3v) is 3.41. The lowest BCUT2D eigenvalue weighted by atomic mass is 10.5. The standard InChI is InChI=1S/C8H15O2Si/c1-5-6-8(10-7-9)11(2,3)4/h5-6,8H,1-4H3/b6-5+. The highest BCUT2D eigenvalue weighted by molar-refractivity contribution is 6.77. The van der Waals surface area contributed by atoms with Crippen molar-refractivity contribution in [2.24, 2.45) is 0 Å². The van der Waals surface area contributed by atoms with Crippen LogP contribution in [0.2, 0.25) is 19.6 Å². The van der Waals surface area contributed by atoms with Crippen LogP contribution in [0, 0.1) is 0 Å². The molecule has 0 aromatic carbocycles. The second kappa shape index (κ2) is 4.33. The first-order valence-electron chi connectivity index (χ1n) is 3.68. The minimum absolute atomic E-state index is 0.0370. The second-order valence-electron chi connectivity index (χ2n) is 3.51. The van der Waals surface area contributed by atoms with Crippen LogP contribution in [0.25, 0.3) is 0 Å². The molecule has 0 amide bonds. The molecule has 0 aromatic rings. The molecule has 0 aliphatic rings. The molecule has 0 heterocycles. The summed E-state index contributed by atoms with van der Waals surface area (Å²) in [5.74, 6) is 0. The first-order chi connectivity index (χ1) is 5.02. The van der Waals surface area contributed by atoms with Gasteiger partial charge in [0.1, 0.15) is 5.73 Å². The van der Waals surface area contributed by atoms with Crippen molar-refractivity contribution < 1.29 is 9.53 Å². The number of hydrogen-bond acceptors (Lipinski definition) is 2. The molecular weight excluding hydrogens is 156 g/mol. The van der Waals surface area contributed by atoms with E-state index in [0.717, 1.165) is 0 Å². The van der Waals surface area contributed by atoms with Gasteiger partial charge in [-0.25, -0.2) is 4.79 Å². The Hall–Kier alpha value is -0.573. The molecule has 0 saturated heterocycles. The molecule has 63 valence electrons. The van der Waals surface area contributed by atoms with Gasteiger partial charge >= 0.3 is 6.47 Å². The van der Waals surface area contributed by atoms with Crippen LogP contribution >= 0.6 is 0 Å². The van der Waals surface area contributed by atoms with Gasteiger partial charge in [-0.15, -0.1) is 0 Å². The zero-order valence-electron chi connectivity index (χ0n) is 7.55. The molecule has 0 rings (SSSR count). The highest BCUT2D eigenvalue weighted by Crippen LogP contribution is 2.11. The molecule has 0 bridgehead atoms. The Bertz CT molecular complexity index is 147. The Balaban J connectivity index is 4.20. The lowest BCUT2D eigenvalue weighted by molar-refractivity contribution is 0.274. The van der Waals surface area contributed by atoms with Crippen molar-refractivity contribution in [2.45, 2.75) is 32.3 Å². The summed E-state index contributed by atoms with van der Waals surface area (Å²) in [5, 5.41) is 0. The van der Waals surface area contributed by atoms with Gasteiger partial charge in [-0.1, -0.05) is 31.8 Å². The minimum atomic E-state index is -1.40. The highest BCUT2D eigenvalue weighted by atomic mass is 28.3. The maximum absolute atomic E-state index is 9.98. The largest absolute Gasteiger partial charge is 0.454 e. The van der Waals surface area contributed by atoms with Gasteiger partial charge in [0.2, 0.25) is 0 Å². The van der Waals surface area contributed by atoms with E-state index in [9.17, 15) is 4.79 Å². The predicted molar refractivity (Wildman–Crippen MR) is 48.7 cm³/mol. The molecule has 1 atom stereocenters. The van der Waals surface area contributed by atoms with Gasteiger partial charge in [0.25, 0.3) is 0 Å². The Labute approximate surface area is 69.3 Å². The molecule has 0 aromatic heterocycles. The van der Waals surface area contributed by atoms with Crippen molar-refractivity contribution in [3.05, 3.63) is 12.2 Å². The predicted octanol–water partition coefficient (Wildman–Crippen LogP) is 1.89. The van der Waals surface area contributed by atoms with Crippen LogP contribution < -0.4 is 0 Å². The minimum Gasteiger partial charge on any atom is -0.454 e. The van der Waals surface area contributed by atoms with E-state index < -0.39 is 8.07 Å². The quantitative estimate of drug-likeness (QED) is 0.477. The summed E-state index contributed by atoms with van der Waals surface area (Å²) in [6, 6.07) is 0. The van der Waals surface area contributed by atoms with Gasteiger partial charge in [0.15, 0.2) is 0 Å². The second-order valence-corrected chi connectivity index (χ2v) is 8.81. The molecule has 2 nitrogen and oxygen atoms in total. The normalized spacial score (nSPS) is 14.9. The molecule has 0 saturated carbocycles. The van der Waals surface area contributed by atoms with Crippen LogP contribution in [0.3, 0.4) is 0 Å². The summed E-state index contributed by atoms with van der Waals surface area (Å²) < 4.78 is 4.82. The van der Waals surface area contributed by atoms with E-state index in [2.05, 4.69) is 19.6 Å². The number of ether oxygens (including phenoxy) is 1. The van der Waals surface area contributed by atoms with Crippen LogP contribution in [-0.2, 0) is 9.53 Å². The maximum atomic E-state index is 9.98. The van der Waals surface area contributed by atoms with Gasteiger partial charge in [-0.3, -0.25) is 0 Å². The fraction of sp³-hybridized carbons (Fsp3) is 0.625. The lowest BCUT2D eigenvalue weighted by Gasteiger charge is -2.23. The molecule has 1 radical (unpaired) electrons. The summed E-state index contributed by atoms with van der Waals surface area (Å²) in [4.78, 5) is 9.98. The average molecular weight is 171 g/mol. The van der Waals surface area contributed by atoms with Gasteiger partial charge in [0, 0.05) is 0 Å². The van der Waals surface area contributed by atoms with Crippen LogP contribution in [0.15, 0.2) is 12.2 Å². The smallest absolute Gasteiger partial charge is 0.417 e. The monoisotopic (exact) mass is 171 g/mol. The molecule has 0 aliphatic heterocycles. The van der Waals surface area contributed by atoms with Crippen molar-refractivity contribution in [3.63, 3.8) is 0 Å².